The van der Waals surface area contributed by atoms with Gasteiger partial charge >= 0.3 is 0 Å². The highest BCUT2D eigenvalue weighted by atomic mass is 79.9. The summed E-state index contributed by atoms with van der Waals surface area (Å²) in [6.07, 6.45) is 0. The molecule has 2 aromatic rings. The van der Waals surface area contributed by atoms with Gasteiger partial charge in [-0.05, 0) is 46.6 Å². The van der Waals surface area contributed by atoms with E-state index in [9.17, 15) is 12.8 Å². The van der Waals surface area contributed by atoms with Crippen molar-refractivity contribution in [3.8, 4) is 0 Å². The second kappa shape index (κ2) is 5.80. The molecule has 0 aliphatic heterocycles. The van der Waals surface area contributed by atoms with E-state index in [4.69, 9.17) is 5.73 Å². The van der Waals surface area contributed by atoms with Crippen molar-refractivity contribution < 1.29 is 12.8 Å². The van der Waals surface area contributed by atoms with Crippen molar-refractivity contribution >= 4 is 43.0 Å². The Morgan fingerprint density at radius 3 is 2.70 bits per heavy atom. The average molecular weight is 379 g/mol. The van der Waals surface area contributed by atoms with E-state index in [0.29, 0.717) is 5.56 Å². The van der Waals surface area contributed by atoms with Crippen molar-refractivity contribution in [3.63, 3.8) is 0 Å². The predicted octanol–water partition coefficient (Wildman–Crippen LogP) is 3.02. The minimum Gasteiger partial charge on any atom is -0.398 e. The molecule has 0 aliphatic carbocycles. The van der Waals surface area contributed by atoms with Gasteiger partial charge in [0.1, 0.15) is 10.7 Å². The van der Waals surface area contributed by atoms with Crippen LogP contribution in [-0.2, 0) is 16.6 Å². The molecular formula is C12H12BrFN2O2S2. The lowest BCUT2D eigenvalue weighted by atomic mass is 10.2. The molecule has 0 aliphatic rings. The zero-order chi connectivity index (χ0) is 14.9. The van der Waals surface area contributed by atoms with E-state index < -0.39 is 20.7 Å². The number of nitrogens with one attached hydrogen (secondary N) is 1. The van der Waals surface area contributed by atoms with Crippen LogP contribution in [0.4, 0.5) is 10.1 Å². The Kier molecular flexibility index (Phi) is 4.48. The maximum absolute atomic E-state index is 13.8. The van der Waals surface area contributed by atoms with Crippen LogP contribution in [0.15, 0.2) is 32.9 Å². The zero-order valence-electron chi connectivity index (χ0n) is 10.5. The van der Waals surface area contributed by atoms with Crippen molar-refractivity contribution in [2.75, 3.05) is 5.73 Å². The first-order valence-corrected chi connectivity index (χ1v) is 8.73. The fourth-order valence-electron chi connectivity index (χ4n) is 1.56. The minimum absolute atomic E-state index is 0.103. The molecule has 3 N–H and O–H groups in total. The molecule has 0 spiro atoms. The monoisotopic (exact) mass is 378 g/mol. The van der Waals surface area contributed by atoms with E-state index >= 15 is 0 Å². The smallest absolute Gasteiger partial charge is 0.243 e. The quantitative estimate of drug-likeness (QED) is 0.803. The van der Waals surface area contributed by atoms with Crippen LogP contribution in [0.5, 0.6) is 0 Å². The highest BCUT2D eigenvalue weighted by molar-refractivity contribution is 9.10. The minimum atomic E-state index is -3.93. The molecule has 0 saturated carbocycles. The number of sulfonamides is 1. The SMILES string of the molecule is Cc1cc(F)c(S(=O)(=O)NCc2cc(Br)cs2)cc1N. The lowest BCUT2D eigenvalue weighted by Gasteiger charge is -2.09. The normalized spacial score (nSPS) is 11.8. The zero-order valence-corrected chi connectivity index (χ0v) is 13.7. The number of hydrogen-bond donors (Lipinski definition) is 2. The fraction of sp³-hybridized carbons (Fsp3) is 0.167. The fourth-order valence-corrected chi connectivity index (χ4v) is 4.15. The summed E-state index contributed by atoms with van der Waals surface area (Å²) in [6, 6.07) is 4.05. The van der Waals surface area contributed by atoms with Crippen LogP contribution in [0.1, 0.15) is 10.4 Å². The van der Waals surface area contributed by atoms with E-state index in [1.165, 1.54) is 11.3 Å². The van der Waals surface area contributed by atoms with Crippen LogP contribution in [0.25, 0.3) is 0 Å². The van der Waals surface area contributed by atoms with Crippen LogP contribution >= 0.6 is 27.3 Å². The number of halogens is 2. The second-order valence-corrected chi connectivity index (χ2v) is 7.84. The van der Waals surface area contributed by atoms with Gasteiger partial charge in [-0.25, -0.2) is 17.5 Å². The summed E-state index contributed by atoms with van der Waals surface area (Å²) < 4.78 is 41.2. The van der Waals surface area contributed by atoms with Crippen LogP contribution in [-0.4, -0.2) is 8.42 Å². The number of nitrogen functional groups attached to an aromatic ring is 1. The van der Waals surface area contributed by atoms with Crippen molar-refractivity contribution in [3.05, 3.63) is 44.3 Å². The summed E-state index contributed by atoms with van der Waals surface area (Å²) in [5, 5.41) is 1.84. The summed E-state index contributed by atoms with van der Waals surface area (Å²) in [6.45, 7) is 1.72. The first-order valence-electron chi connectivity index (χ1n) is 5.58. The number of anilines is 1. The van der Waals surface area contributed by atoms with Crippen LogP contribution in [0.3, 0.4) is 0 Å². The van der Waals surface area contributed by atoms with Gasteiger partial charge in [0.25, 0.3) is 0 Å². The molecule has 1 heterocycles. The predicted molar refractivity (Wildman–Crippen MR) is 81.6 cm³/mol. The summed E-state index contributed by atoms with van der Waals surface area (Å²) in [5.41, 5.74) is 6.38. The maximum atomic E-state index is 13.8. The van der Waals surface area contributed by atoms with Crippen molar-refractivity contribution in [2.24, 2.45) is 0 Å². The molecule has 8 heteroatoms. The van der Waals surface area contributed by atoms with Gasteiger partial charge in [0.05, 0.1) is 0 Å². The Hall–Kier alpha value is -0.960. The van der Waals surface area contributed by atoms with E-state index in [-0.39, 0.29) is 12.2 Å². The summed E-state index contributed by atoms with van der Waals surface area (Å²) in [7, 11) is -3.93. The van der Waals surface area contributed by atoms with Gasteiger partial charge in [-0.15, -0.1) is 11.3 Å². The number of benzene rings is 1. The molecule has 0 atom stereocenters. The van der Waals surface area contributed by atoms with Crippen LogP contribution in [0, 0.1) is 12.7 Å². The Balaban J connectivity index is 2.24. The maximum Gasteiger partial charge on any atom is 0.243 e. The lowest BCUT2D eigenvalue weighted by Crippen LogP contribution is -2.24. The number of nitrogens with two attached hydrogens (primary N) is 1. The third-order valence-electron chi connectivity index (χ3n) is 2.67. The van der Waals surface area contributed by atoms with Crippen molar-refractivity contribution in [1.82, 2.24) is 4.72 Å². The first-order chi connectivity index (χ1) is 9.29. The number of hydrogen-bond acceptors (Lipinski definition) is 4. The molecule has 0 amide bonds. The second-order valence-electron chi connectivity index (χ2n) is 4.20. The number of rotatable bonds is 4. The van der Waals surface area contributed by atoms with E-state index in [1.807, 2.05) is 5.38 Å². The molecule has 20 heavy (non-hydrogen) atoms. The molecule has 4 nitrogen and oxygen atoms in total. The first kappa shape index (κ1) is 15.4. The molecule has 1 aromatic carbocycles. The van der Waals surface area contributed by atoms with Gasteiger partial charge in [-0.3, -0.25) is 0 Å². The van der Waals surface area contributed by atoms with Gasteiger partial charge in [-0.1, -0.05) is 0 Å². The molecule has 108 valence electrons. The molecular weight excluding hydrogens is 367 g/mol. The van der Waals surface area contributed by atoms with Crippen molar-refractivity contribution in [1.29, 1.82) is 0 Å². The Bertz CT molecular complexity index is 744. The summed E-state index contributed by atoms with van der Waals surface area (Å²) in [4.78, 5) is 0.386. The molecule has 0 fully saturated rings. The van der Waals surface area contributed by atoms with Gasteiger partial charge in [0.15, 0.2) is 0 Å². The summed E-state index contributed by atoms with van der Waals surface area (Å²) >= 11 is 4.69. The van der Waals surface area contributed by atoms with Gasteiger partial charge in [0.2, 0.25) is 10.0 Å². The average Bonchev–Trinajstić information content (AvgIpc) is 2.77. The molecule has 0 radical (unpaired) electrons. The molecule has 0 unspecified atom stereocenters. The summed E-state index contributed by atoms with van der Waals surface area (Å²) in [5.74, 6) is -0.809. The Labute approximate surface area is 129 Å². The number of aryl methyl sites for hydroxylation is 1. The largest absolute Gasteiger partial charge is 0.398 e. The van der Waals surface area contributed by atoms with Crippen molar-refractivity contribution in [2.45, 2.75) is 18.4 Å². The molecule has 1 aromatic heterocycles. The lowest BCUT2D eigenvalue weighted by molar-refractivity contribution is 0.557. The Morgan fingerprint density at radius 1 is 1.40 bits per heavy atom. The van der Waals surface area contributed by atoms with E-state index in [0.717, 1.165) is 21.5 Å². The Morgan fingerprint density at radius 2 is 2.10 bits per heavy atom. The third kappa shape index (κ3) is 3.38. The van der Waals surface area contributed by atoms with Crippen LogP contribution in [0.2, 0.25) is 0 Å². The number of thiophene rings is 1. The van der Waals surface area contributed by atoms with Gasteiger partial charge in [-0.2, -0.15) is 0 Å². The van der Waals surface area contributed by atoms with E-state index in [2.05, 4.69) is 20.7 Å². The van der Waals surface area contributed by atoms with Gasteiger partial charge in [0, 0.05) is 27.0 Å². The highest BCUT2D eigenvalue weighted by Gasteiger charge is 2.20. The molecule has 0 bridgehead atoms. The van der Waals surface area contributed by atoms with Gasteiger partial charge < -0.3 is 5.73 Å². The highest BCUT2D eigenvalue weighted by Crippen LogP contribution is 2.23. The third-order valence-corrected chi connectivity index (χ3v) is 5.78. The van der Waals surface area contributed by atoms with E-state index in [1.54, 1.807) is 13.0 Å². The molecule has 0 saturated heterocycles. The standard InChI is InChI=1S/C12H12BrFN2O2S2/c1-7-2-10(14)12(4-11(7)15)20(17,18)16-5-9-3-8(13)6-19-9/h2-4,6,16H,5,15H2,1H3. The molecule has 2 rings (SSSR count). The topological polar surface area (TPSA) is 72.2 Å². The van der Waals surface area contributed by atoms with Crippen LogP contribution < -0.4 is 10.5 Å².